The Hall–Kier alpha value is -3.24. The molecule has 3 N–H and O–H groups in total. The molecule has 202 valence electrons. The molecule has 0 radical (unpaired) electrons. The summed E-state index contributed by atoms with van der Waals surface area (Å²) in [6.07, 6.45) is -0.783. The maximum atomic E-state index is 13.7. The molecule has 0 saturated carbocycles. The van der Waals surface area contributed by atoms with E-state index >= 15 is 0 Å². The van der Waals surface area contributed by atoms with Crippen molar-refractivity contribution >= 4 is 36.2 Å². The molecule has 2 rings (SSSR count). The molecule has 0 fully saturated rings. The first-order valence-corrected chi connectivity index (χ1v) is 12.6. The summed E-state index contributed by atoms with van der Waals surface area (Å²) in [5, 5.41) is 15.2. The molecular weight excluding hydrogens is 494 g/mol. The standard InChI is InChI=1S/C27H37N3O6S/c1-17-7-12-21(18(2)15-17)23(24(32)28-19-8-10-20(35-6)11-9-19)30(13-14-31)25(33)22(16-37)29-26(34)36-27(3,4)5/h7-12,15,22-23,31,37H,13-14,16H2,1-6H3,(H,28,32)(H,29,34). The van der Waals surface area contributed by atoms with E-state index in [4.69, 9.17) is 9.47 Å². The van der Waals surface area contributed by atoms with Gasteiger partial charge >= 0.3 is 6.09 Å². The van der Waals surface area contributed by atoms with Gasteiger partial charge in [0.2, 0.25) is 5.91 Å². The van der Waals surface area contributed by atoms with E-state index in [9.17, 15) is 19.5 Å². The van der Waals surface area contributed by atoms with Gasteiger partial charge in [-0.05, 0) is 70.0 Å². The van der Waals surface area contributed by atoms with E-state index in [2.05, 4.69) is 23.3 Å². The minimum Gasteiger partial charge on any atom is -0.497 e. The highest BCUT2D eigenvalue weighted by Crippen LogP contribution is 2.28. The number of amides is 3. The molecule has 0 spiro atoms. The zero-order valence-electron chi connectivity index (χ0n) is 22.2. The summed E-state index contributed by atoms with van der Waals surface area (Å²) >= 11 is 4.25. The lowest BCUT2D eigenvalue weighted by atomic mass is 9.96. The van der Waals surface area contributed by atoms with Gasteiger partial charge in [-0.25, -0.2) is 4.79 Å². The molecule has 2 unspecified atom stereocenters. The van der Waals surface area contributed by atoms with Gasteiger partial charge in [0.05, 0.1) is 13.7 Å². The fourth-order valence-corrected chi connectivity index (χ4v) is 4.03. The first kappa shape index (κ1) is 30.0. The molecule has 10 heteroatoms. The number of aliphatic hydroxyl groups is 1. The molecule has 2 aromatic carbocycles. The van der Waals surface area contributed by atoms with Crippen molar-refractivity contribution in [2.45, 2.75) is 52.3 Å². The summed E-state index contributed by atoms with van der Waals surface area (Å²) in [6.45, 7) is 8.38. The van der Waals surface area contributed by atoms with Crippen LogP contribution in [0.2, 0.25) is 0 Å². The Morgan fingerprint density at radius 1 is 1.08 bits per heavy atom. The first-order valence-electron chi connectivity index (χ1n) is 11.9. The summed E-state index contributed by atoms with van der Waals surface area (Å²) in [7, 11) is 1.55. The van der Waals surface area contributed by atoms with Crippen molar-refractivity contribution < 1.29 is 29.0 Å². The molecule has 0 aromatic heterocycles. The van der Waals surface area contributed by atoms with Crippen molar-refractivity contribution in [3.05, 3.63) is 59.2 Å². The number of anilines is 1. The van der Waals surface area contributed by atoms with Crippen LogP contribution < -0.4 is 15.4 Å². The summed E-state index contributed by atoms with van der Waals surface area (Å²) in [5.74, 6) is -0.468. The highest BCUT2D eigenvalue weighted by molar-refractivity contribution is 7.80. The van der Waals surface area contributed by atoms with Gasteiger partial charge in [0.25, 0.3) is 5.91 Å². The summed E-state index contributed by atoms with van der Waals surface area (Å²) in [4.78, 5) is 41.0. The van der Waals surface area contributed by atoms with Crippen LogP contribution in [0.5, 0.6) is 5.75 Å². The number of aliphatic hydroxyl groups excluding tert-OH is 1. The molecule has 0 bridgehead atoms. The summed E-state index contributed by atoms with van der Waals surface area (Å²) in [5.41, 5.74) is 2.13. The Morgan fingerprint density at radius 2 is 1.73 bits per heavy atom. The number of nitrogens with zero attached hydrogens (tertiary/aromatic N) is 1. The normalized spacial score (nSPS) is 12.8. The predicted octanol–water partition coefficient (Wildman–Crippen LogP) is 3.64. The van der Waals surface area contributed by atoms with Crippen molar-refractivity contribution in [2.24, 2.45) is 0 Å². The van der Waals surface area contributed by atoms with Gasteiger partial charge < -0.3 is 30.1 Å². The van der Waals surface area contributed by atoms with Gasteiger partial charge in [-0.15, -0.1) is 0 Å². The van der Waals surface area contributed by atoms with Crippen LogP contribution in [0, 0.1) is 13.8 Å². The third-order valence-electron chi connectivity index (χ3n) is 5.43. The average Bonchev–Trinajstić information content (AvgIpc) is 2.82. The lowest BCUT2D eigenvalue weighted by Gasteiger charge is -2.34. The Balaban J connectivity index is 2.47. The Morgan fingerprint density at radius 3 is 2.24 bits per heavy atom. The van der Waals surface area contributed by atoms with Crippen LogP contribution in [0.15, 0.2) is 42.5 Å². The second-order valence-electron chi connectivity index (χ2n) is 9.62. The third kappa shape index (κ3) is 8.68. The van der Waals surface area contributed by atoms with Crippen molar-refractivity contribution in [3.63, 3.8) is 0 Å². The van der Waals surface area contributed by atoms with Crippen LogP contribution in [0.3, 0.4) is 0 Å². The molecule has 0 heterocycles. The molecule has 2 atom stereocenters. The van der Waals surface area contributed by atoms with Crippen LogP contribution in [0.25, 0.3) is 0 Å². The number of benzene rings is 2. The number of hydrogen-bond donors (Lipinski definition) is 4. The van der Waals surface area contributed by atoms with Crippen molar-refractivity contribution in [1.29, 1.82) is 0 Å². The number of carbonyl (C=O) groups is 3. The van der Waals surface area contributed by atoms with Gasteiger partial charge in [-0.2, -0.15) is 12.6 Å². The zero-order valence-corrected chi connectivity index (χ0v) is 23.1. The molecule has 37 heavy (non-hydrogen) atoms. The zero-order chi connectivity index (χ0) is 27.8. The molecule has 3 amide bonds. The van der Waals surface area contributed by atoms with E-state index in [1.807, 2.05) is 26.0 Å². The first-order chi connectivity index (χ1) is 17.4. The minimum atomic E-state index is -1.09. The second kappa shape index (κ2) is 13.3. The third-order valence-corrected chi connectivity index (χ3v) is 5.80. The van der Waals surface area contributed by atoms with Crippen LogP contribution in [0.1, 0.15) is 43.5 Å². The number of carbonyl (C=O) groups excluding carboxylic acids is 3. The van der Waals surface area contributed by atoms with Gasteiger partial charge in [0.1, 0.15) is 23.4 Å². The van der Waals surface area contributed by atoms with E-state index in [0.717, 1.165) is 11.1 Å². The topological polar surface area (TPSA) is 117 Å². The fourth-order valence-electron chi connectivity index (χ4n) is 3.78. The number of ether oxygens (including phenoxy) is 2. The van der Waals surface area contributed by atoms with Gasteiger partial charge in [0.15, 0.2) is 0 Å². The van der Waals surface area contributed by atoms with Gasteiger partial charge in [-0.3, -0.25) is 9.59 Å². The largest absolute Gasteiger partial charge is 0.497 e. The number of thiol groups is 1. The number of hydrogen-bond acceptors (Lipinski definition) is 7. The maximum Gasteiger partial charge on any atom is 0.408 e. The maximum absolute atomic E-state index is 13.7. The number of aryl methyl sites for hydroxylation is 2. The molecule has 0 aliphatic heterocycles. The Bertz CT molecular complexity index is 1080. The van der Waals surface area contributed by atoms with Crippen molar-refractivity contribution in [3.8, 4) is 5.75 Å². The smallest absolute Gasteiger partial charge is 0.408 e. The monoisotopic (exact) mass is 531 g/mol. The van der Waals surface area contributed by atoms with Crippen LogP contribution in [-0.4, -0.2) is 65.6 Å². The van der Waals surface area contributed by atoms with E-state index in [1.165, 1.54) is 4.90 Å². The predicted molar refractivity (Wildman–Crippen MR) is 146 cm³/mol. The minimum absolute atomic E-state index is 0.0420. The van der Waals surface area contributed by atoms with Crippen molar-refractivity contribution in [2.75, 3.05) is 31.3 Å². The highest BCUT2D eigenvalue weighted by Gasteiger charge is 2.36. The quantitative estimate of drug-likeness (QED) is 0.348. The Labute approximate surface area is 223 Å². The summed E-state index contributed by atoms with van der Waals surface area (Å²) < 4.78 is 10.5. The Kier molecular flexibility index (Phi) is 10.8. The SMILES string of the molecule is COc1ccc(NC(=O)C(c2ccc(C)cc2C)N(CCO)C(=O)C(CS)NC(=O)OC(C)(C)C)cc1. The molecule has 0 aliphatic rings. The molecule has 0 aliphatic carbocycles. The second-order valence-corrected chi connectivity index (χ2v) is 9.98. The average molecular weight is 532 g/mol. The molecule has 9 nitrogen and oxygen atoms in total. The van der Waals surface area contributed by atoms with E-state index in [1.54, 1.807) is 58.2 Å². The number of alkyl carbamates (subject to hydrolysis) is 1. The van der Waals surface area contributed by atoms with E-state index in [0.29, 0.717) is 17.0 Å². The van der Waals surface area contributed by atoms with Crippen LogP contribution in [-0.2, 0) is 14.3 Å². The molecular formula is C27H37N3O6S. The summed E-state index contributed by atoms with van der Waals surface area (Å²) in [6, 6.07) is 10.2. The molecule has 0 saturated heterocycles. The highest BCUT2D eigenvalue weighted by atomic mass is 32.1. The van der Waals surface area contributed by atoms with Crippen LogP contribution in [0.4, 0.5) is 10.5 Å². The van der Waals surface area contributed by atoms with Gasteiger partial charge in [0, 0.05) is 18.0 Å². The fraction of sp³-hybridized carbons (Fsp3) is 0.444. The van der Waals surface area contributed by atoms with Gasteiger partial charge in [-0.1, -0.05) is 23.8 Å². The number of methoxy groups -OCH3 is 1. The van der Waals surface area contributed by atoms with E-state index in [-0.39, 0.29) is 12.3 Å². The van der Waals surface area contributed by atoms with Crippen LogP contribution >= 0.6 is 12.6 Å². The number of nitrogens with one attached hydrogen (secondary N) is 2. The lowest BCUT2D eigenvalue weighted by molar-refractivity contribution is -0.140. The van der Waals surface area contributed by atoms with Crippen molar-refractivity contribution in [1.82, 2.24) is 10.2 Å². The number of rotatable bonds is 10. The molecule has 2 aromatic rings. The lowest BCUT2D eigenvalue weighted by Crippen LogP contribution is -2.54. The van der Waals surface area contributed by atoms with E-state index < -0.39 is 42.2 Å².